The van der Waals surface area contributed by atoms with Crippen LogP contribution in [0.15, 0.2) is 53.4 Å². The molecule has 0 aliphatic carbocycles. The molecule has 0 aliphatic rings. The van der Waals surface area contributed by atoms with Gasteiger partial charge in [-0.05, 0) is 49.2 Å². The summed E-state index contributed by atoms with van der Waals surface area (Å²) in [6.07, 6.45) is 1.12. The van der Waals surface area contributed by atoms with Gasteiger partial charge < -0.3 is 5.32 Å². The number of thioether (sulfide) groups is 1. The lowest BCUT2D eigenvalue weighted by Gasteiger charge is -2.14. The predicted octanol–water partition coefficient (Wildman–Crippen LogP) is 4.96. The van der Waals surface area contributed by atoms with E-state index in [0.29, 0.717) is 6.04 Å². The summed E-state index contributed by atoms with van der Waals surface area (Å²) < 4.78 is 0. The smallest absolute Gasteiger partial charge is 0.0314 e. The molecular formula is C18H23NS. The molecule has 2 heteroatoms. The molecule has 0 radical (unpaired) electrons. The molecule has 20 heavy (non-hydrogen) atoms. The zero-order chi connectivity index (χ0) is 14.4. The van der Waals surface area contributed by atoms with Crippen LogP contribution in [0, 0.1) is 6.92 Å². The summed E-state index contributed by atoms with van der Waals surface area (Å²) in [6, 6.07) is 18.0. The predicted molar refractivity (Wildman–Crippen MR) is 89.3 cm³/mol. The van der Waals surface area contributed by atoms with Gasteiger partial charge in [0.15, 0.2) is 0 Å². The molecule has 0 aromatic heterocycles. The normalized spacial score (nSPS) is 12.3. The van der Waals surface area contributed by atoms with Crippen molar-refractivity contribution in [1.29, 1.82) is 0 Å². The first-order valence-electron chi connectivity index (χ1n) is 7.19. The monoisotopic (exact) mass is 285 g/mol. The Bertz CT molecular complexity index is 529. The molecule has 106 valence electrons. The number of benzene rings is 2. The van der Waals surface area contributed by atoms with E-state index in [4.69, 9.17) is 0 Å². The van der Waals surface area contributed by atoms with Crippen molar-refractivity contribution in [1.82, 2.24) is 5.32 Å². The summed E-state index contributed by atoms with van der Waals surface area (Å²) in [6.45, 7) is 4.39. The van der Waals surface area contributed by atoms with Crippen LogP contribution in [-0.4, -0.2) is 7.05 Å². The molecule has 1 unspecified atom stereocenters. The Hall–Kier alpha value is -1.25. The van der Waals surface area contributed by atoms with Gasteiger partial charge in [-0.2, -0.15) is 0 Å². The second-order valence-electron chi connectivity index (χ2n) is 5.03. The van der Waals surface area contributed by atoms with Crippen LogP contribution in [0.25, 0.3) is 0 Å². The van der Waals surface area contributed by atoms with Crippen LogP contribution in [0.1, 0.15) is 36.1 Å². The van der Waals surface area contributed by atoms with Crippen molar-refractivity contribution in [2.75, 3.05) is 7.05 Å². The van der Waals surface area contributed by atoms with E-state index in [1.165, 1.54) is 21.6 Å². The molecule has 0 spiro atoms. The van der Waals surface area contributed by atoms with Crippen LogP contribution in [0.5, 0.6) is 0 Å². The maximum absolute atomic E-state index is 3.35. The Balaban J connectivity index is 1.99. The second kappa shape index (κ2) is 7.51. The first kappa shape index (κ1) is 15.1. The largest absolute Gasteiger partial charge is 0.313 e. The summed E-state index contributed by atoms with van der Waals surface area (Å²) in [5.74, 6) is 1.04. The first-order valence-corrected chi connectivity index (χ1v) is 8.17. The number of rotatable bonds is 6. The summed E-state index contributed by atoms with van der Waals surface area (Å²) in [4.78, 5) is 1.34. The lowest BCUT2D eigenvalue weighted by atomic mass is 10.1. The van der Waals surface area contributed by atoms with Gasteiger partial charge in [-0.3, -0.25) is 0 Å². The summed E-state index contributed by atoms with van der Waals surface area (Å²) in [5, 5.41) is 3.35. The highest BCUT2D eigenvalue weighted by molar-refractivity contribution is 7.98. The van der Waals surface area contributed by atoms with E-state index in [1.807, 2.05) is 18.8 Å². The van der Waals surface area contributed by atoms with Crippen LogP contribution in [0.2, 0.25) is 0 Å². The molecule has 2 rings (SSSR count). The molecule has 0 fully saturated rings. The third kappa shape index (κ3) is 3.87. The van der Waals surface area contributed by atoms with E-state index >= 15 is 0 Å². The van der Waals surface area contributed by atoms with Gasteiger partial charge in [0.25, 0.3) is 0 Å². The number of aryl methyl sites for hydroxylation is 1. The standard InChI is InChI=1S/C18H23NS/c1-4-18(19-3)15-9-11-17(12-10-15)20-13-16-8-6-5-7-14(16)2/h5-12,18-19H,4,13H2,1-3H3. The maximum atomic E-state index is 3.35. The van der Waals surface area contributed by atoms with Gasteiger partial charge in [0.2, 0.25) is 0 Å². The number of hydrogen-bond donors (Lipinski definition) is 1. The van der Waals surface area contributed by atoms with Gasteiger partial charge in [-0.1, -0.05) is 43.3 Å². The Morgan fingerprint density at radius 1 is 1.05 bits per heavy atom. The van der Waals surface area contributed by atoms with Crippen molar-refractivity contribution in [3.8, 4) is 0 Å². The Morgan fingerprint density at radius 2 is 1.75 bits per heavy atom. The van der Waals surface area contributed by atoms with Crippen LogP contribution in [0.3, 0.4) is 0 Å². The van der Waals surface area contributed by atoms with Crippen LogP contribution in [0.4, 0.5) is 0 Å². The zero-order valence-corrected chi connectivity index (χ0v) is 13.3. The molecular weight excluding hydrogens is 262 g/mol. The van der Waals surface area contributed by atoms with Crippen molar-refractivity contribution in [2.24, 2.45) is 0 Å². The van der Waals surface area contributed by atoms with Crippen molar-refractivity contribution in [3.05, 3.63) is 65.2 Å². The molecule has 0 aliphatic heterocycles. The molecule has 1 nitrogen and oxygen atoms in total. The van der Waals surface area contributed by atoms with Gasteiger partial charge in [0, 0.05) is 16.7 Å². The van der Waals surface area contributed by atoms with Crippen molar-refractivity contribution >= 4 is 11.8 Å². The third-order valence-corrected chi connectivity index (χ3v) is 4.76. The summed E-state index contributed by atoms with van der Waals surface area (Å²) in [5.41, 5.74) is 4.16. The molecule has 1 N–H and O–H groups in total. The molecule has 0 saturated carbocycles. The van der Waals surface area contributed by atoms with Crippen LogP contribution < -0.4 is 5.32 Å². The topological polar surface area (TPSA) is 12.0 Å². The Morgan fingerprint density at radius 3 is 2.35 bits per heavy atom. The summed E-state index contributed by atoms with van der Waals surface area (Å²) >= 11 is 1.90. The van der Waals surface area contributed by atoms with E-state index in [0.717, 1.165) is 12.2 Å². The van der Waals surface area contributed by atoms with Gasteiger partial charge >= 0.3 is 0 Å². The molecule has 0 heterocycles. The lowest BCUT2D eigenvalue weighted by molar-refractivity contribution is 0.576. The number of nitrogens with one attached hydrogen (secondary N) is 1. The molecule has 2 aromatic rings. The van der Waals surface area contributed by atoms with Crippen LogP contribution >= 0.6 is 11.8 Å². The van der Waals surface area contributed by atoms with Crippen molar-refractivity contribution in [3.63, 3.8) is 0 Å². The first-order chi connectivity index (χ1) is 9.74. The molecule has 0 bridgehead atoms. The van der Waals surface area contributed by atoms with Crippen molar-refractivity contribution < 1.29 is 0 Å². The highest BCUT2D eigenvalue weighted by Gasteiger charge is 2.06. The number of hydrogen-bond acceptors (Lipinski definition) is 2. The van der Waals surface area contributed by atoms with Crippen molar-refractivity contribution in [2.45, 2.75) is 37.0 Å². The average Bonchev–Trinajstić information content (AvgIpc) is 2.49. The average molecular weight is 285 g/mol. The molecule has 0 saturated heterocycles. The van der Waals surface area contributed by atoms with Gasteiger partial charge in [-0.15, -0.1) is 11.8 Å². The minimum Gasteiger partial charge on any atom is -0.313 e. The van der Waals surface area contributed by atoms with Gasteiger partial charge in [-0.25, -0.2) is 0 Å². The van der Waals surface area contributed by atoms with E-state index in [-0.39, 0.29) is 0 Å². The zero-order valence-electron chi connectivity index (χ0n) is 12.5. The second-order valence-corrected chi connectivity index (χ2v) is 6.08. The van der Waals surface area contributed by atoms with E-state index in [2.05, 4.69) is 67.7 Å². The minimum atomic E-state index is 0.463. The third-order valence-electron chi connectivity index (χ3n) is 3.69. The lowest BCUT2D eigenvalue weighted by Crippen LogP contribution is -2.14. The highest BCUT2D eigenvalue weighted by atomic mass is 32.2. The molecule has 1 atom stereocenters. The Kier molecular flexibility index (Phi) is 5.69. The van der Waals surface area contributed by atoms with E-state index < -0.39 is 0 Å². The molecule has 0 amide bonds. The maximum Gasteiger partial charge on any atom is 0.0314 e. The fraction of sp³-hybridized carbons (Fsp3) is 0.333. The van der Waals surface area contributed by atoms with Crippen LogP contribution in [-0.2, 0) is 5.75 Å². The quantitative estimate of drug-likeness (QED) is 0.753. The van der Waals surface area contributed by atoms with Gasteiger partial charge in [0.1, 0.15) is 0 Å². The van der Waals surface area contributed by atoms with E-state index in [1.54, 1.807) is 0 Å². The molecule has 2 aromatic carbocycles. The Labute approximate surface area is 126 Å². The van der Waals surface area contributed by atoms with E-state index in [9.17, 15) is 0 Å². The summed E-state index contributed by atoms with van der Waals surface area (Å²) in [7, 11) is 2.02. The SMILES string of the molecule is CCC(NC)c1ccc(SCc2ccccc2C)cc1. The minimum absolute atomic E-state index is 0.463. The fourth-order valence-electron chi connectivity index (χ4n) is 2.34. The highest BCUT2D eigenvalue weighted by Crippen LogP contribution is 2.26. The fourth-order valence-corrected chi connectivity index (χ4v) is 3.31. The van der Waals surface area contributed by atoms with Gasteiger partial charge in [0.05, 0.1) is 0 Å².